The van der Waals surface area contributed by atoms with Crippen molar-refractivity contribution in [3.63, 3.8) is 0 Å². The van der Waals surface area contributed by atoms with Gasteiger partial charge in [-0.2, -0.15) is 11.8 Å². The molecule has 3 heteroatoms. The van der Waals surface area contributed by atoms with Crippen molar-refractivity contribution >= 4 is 11.8 Å². The van der Waals surface area contributed by atoms with Crippen molar-refractivity contribution in [1.82, 2.24) is 5.32 Å². The molecule has 0 aliphatic heterocycles. The molecule has 0 amide bonds. The lowest BCUT2D eigenvalue weighted by molar-refractivity contribution is 0.502. The molecule has 0 spiro atoms. The van der Waals surface area contributed by atoms with Gasteiger partial charge >= 0.3 is 0 Å². The average Bonchev–Trinajstić information content (AvgIpc) is 2.64. The van der Waals surface area contributed by atoms with E-state index in [2.05, 4.69) is 42.8 Å². The largest absolute Gasteiger partial charge is 0.324 e. The van der Waals surface area contributed by atoms with Crippen molar-refractivity contribution < 1.29 is 0 Å². The van der Waals surface area contributed by atoms with E-state index in [1.165, 1.54) is 11.1 Å². The first-order valence-corrected chi connectivity index (χ1v) is 7.11. The molecule has 2 rings (SSSR count). The third-order valence-electron chi connectivity index (χ3n) is 3.31. The minimum Gasteiger partial charge on any atom is -0.324 e. The molecule has 1 aromatic rings. The van der Waals surface area contributed by atoms with E-state index in [9.17, 15) is 0 Å². The van der Waals surface area contributed by atoms with Crippen molar-refractivity contribution in [2.75, 3.05) is 12.8 Å². The lowest BCUT2D eigenvalue weighted by atomic mass is 10.1. The molecule has 2 nitrogen and oxygen atoms in total. The van der Waals surface area contributed by atoms with E-state index in [1.54, 1.807) is 0 Å². The summed E-state index contributed by atoms with van der Waals surface area (Å²) in [6.45, 7) is 3.30. The number of benzene rings is 1. The van der Waals surface area contributed by atoms with Gasteiger partial charge in [-0.15, -0.1) is 0 Å². The highest BCUT2D eigenvalue weighted by atomic mass is 32.2. The topological polar surface area (TPSA) is 38.0 Å². The van der Waals surface area contributed by atoms with Gasteiger partial charge in [-0.05, 0) is 23.8 Å². The van der Waals surface area contributed by atoms with E-state index in [1.807, 2.05) is 11.8 Å². The molecule has 88 valence electrons. The lowest BCUT2D eigenvalue weighted by Crippen LogP contribution is -2.26. The first-order valence-electron chi connectivity index (χ1n) is 5.83. The highest BCUT2D eigenvalue weighted by Crippen LogP contribution is 2.36. The smallest absolute Gasteiger partial charge is 0.0342 e. The Morgan fingerprint density at radius 1 is 1.44 bits per heavy atom. The quantitative estimate of drug-likeness (QED) is 0.843. The van der Waals surface area contributed by atoms with Gasteiger partial charge in [0, 0.05) is 23.9 Å². The summed E-state index contributed by atoms with van der Waals surface area (Å²) in [6, 6.07) is 9.18. The molecule has 0 radical (unpaired) electrons. The Morgan fingerprint density at radius 3 is 2.81 bits per heavy atom. The number of hydrogen-bond acceptors (Lipinski definition) is 3. The Labute approximate surface area is 102 Å². The molecule has 1 aromatic carbocycles. The van der Waals surface area contributed by atoms with Crippen molar-refractivity contribution in [1.29, 1.82) is 0 Å². The molecule has 0 heterocycles. The molecule has 1 aliphatic carbocycles. The minimum atomic E-state index is 0.207. The van der Waals surface area contributed by atoms with Crippen LogP contribution in [0.15, 0.2) is 24.3 Å². The summed E-state index contributed by atoms with van der Waals surface area (Å²) in [6.07, 6.45) is 3.18. The molecule has 3 N–H and O–H groups in total. The van der Waals surface area contributed by atoms with E-state index in [0.29, 0.717) is 11.3 Å². The van der Waals surface area contributed by atoms with Crippen molar-refractivity contribution in [2.24, 2.45) is 5.73 Å². The second-order valence-electron chi connectivity index (χ2n) is 4.48. The number of thioether (sulfide) groups is 1. The Balaban J connectivity index is 2.03. The van der Waals surface area contributed by atoms with Crippen LogP contribution in [0.5, 0.6) is 0 Å². The molecule has 0 bridgehead atoms. The number of rotatable bonds is 4. The van der Waals surface area contributed by atoms with E-state index in [0.717, 1.165) is 13.0 Å². The van der Waals surface area contributed by atoms with Gasteiger partial charge in [0.2, 0.25) is 0 Å². The van der Waals surface area contributed by atoms with Crippen molar-refractivity contribution in [2.45, 2.75) is 30.7 Å². The fraction of sp³-hybridized carbons (Fsp3) is 0.538. The number of nitrogens with two attached hydrogens (primary N) is 1. The van der Waals surface area contributed by atoms with Gasteiger partial charge in [-0.25, -0.2) is 0 Å². The third-order valence-corrected chi connectivity index (χ3v) is 4.29. The maximum absolute atomic E-state index is 6.13. The molecule has 0 fully saturated rings. The SMILES string of the molecule is CSC(C)CNC1CC(N)c2ccccc21. The lowest BCUT2D eigenvalue weighted by Gasteiger charge is -2.16. The summed E-state index contributed by atoms with van der Waals surface area (Å²) in [5, 5.41) is 4.27. The summed E-state index contributed by atoms with van der Waals surface area (Å²) < 4.78 is 0. The maximum atomic E-state index is 6.13. The predicted molar refractivity (Wildman–Crippen MR) is 71.7 cm³/mol. The van der Waals surface area contributed by atoms with Crippen LogP contribution in [0.2, 0.25) is 0 Å². The van der Waals surface area contributed by atoms with Crippen molar-refractivity contribution in [3.05, 3.63) is 35.4 Å². The second-order valence-corrected chi connectivity index (χ2v) is 5.75. The molecule has 0 saturated heterocycles. The standard InChI is InChI=1S/C13H20N2S/c1-9(16-2)8-15-13-7-12(14)10-5-3-4-6-11(10)13/h3-6,9,12-13,15H,7-8,14H2,1-2H3. The molecule has 16 heavy (non-hydrogen) atoms. The number of hydrogen-bond donors (Lipinski definition) is 2. The average molecular weight is 236 g/mol. The highest BCUT2D eigenvalue weighted by Gasteiger charge is 2.27. The van der Waals surface area contributed by atoms with Gasteiger partial charge < -0.3 is 11.1 Å². The normalized spacial score (nSPS) is 25.4. The zero-order valence-corrected chi connectivity index (χ0v) is 10.8. The maximum Gasteiger partial charge on any atom is 0.0342 e. The van der Waals surface area contributed by atoms with Crippen LogP contribution in [0.25, 0.3) is 0 Å². The monoisotopic (exact) mass is 236 g/mol. The Hall–Kier alpha value is -0.510. The number of nitrogens with one attached hydrogen (secondary N) is 1. The minimum absolute atomic E-state index is 0.207. The van der Waals surface area contributed by atoms with E-state index >= 15 is 0 Å². The summed E-state index contributed by atoms with van der Waals surface area (Å²) in [7, 11) is 0. The van der Waals surface area contributed by atoms with Crippen LogP contribution in [0.4, 0.5) is 0 Å². The summed E-state index contributed by atoms with van der Waals surface area (Å²) >= 11 is 1.90. The fourth-order valence-corrected chi connectivity index (χ4v) is 2.52. The predicted octanol–water partition coefficient (Wildman–Crippen LogP) is 2.47. The van der Waals surface area contributed by atoms with E-state index in [4.69, 9.17) is 5.73 Å². The fourth-order valence-electron chi connectivity index (χ4n) is 2.26. The number of fused-ring (bicyclic) bond motifs is 1. The van der Waals surface area contributed by atoms with Gasteiger partial charge in [0.15, 0.2) is 0 Å². The van der Waals surface area contributed by atoms with E-state index in [-0.39, 0.29) is 6.04 Å². The highest BCUT2D eigenvalue weighted by molar-refractivity contribution is 7.99. The molecule has 1 aliphatic rings. The van der Waals surface area contributed by atoms with Gasteiger partial charge in [0.05, 0.1) is 0 Å². The van der Waals surface area contributed by atoms with Crippen LogP contribution in [-0.4, -0.2) is 18.1 Å². The van der Waals surface area contributed by atoms with Crippen LogP contribution in [-0.2, 0) is 0 Å². The zero-order chi connectivity index (χ0) is 11.5. The van der Waals surface area contributed by atoms with Crippen LogP contribution in [0.3, 0.4) is 0 Å². The second kappa shape index (κ2) is 5.21. The third kappa shape index (κ3) is 2.42. The van der Waals surface area contributed by atoms with Gasteiger partial charge in [-0.3, -0.25) is 0 Å². The first-order chi connectivity index (χ1) is 7.72. The van der Waals surface area contributed by atoms with Crippen LogP contribution >= 0.6 is 11.8 Å². The molecular formula is C13H20N2S. The van der Waals surface area contributed by atoms with Gasteiger partial charge in [0.1, 0.15) is 0 Å². The molecule has 3 unspecified atom stereocenters. The van der Waals surface area contributed by atoms with Gasteiger partial charge in [-0.1, -0.05) is 31.2 Å². The zero-order valence-electron chi connectivity index (χ0n) is 9.94. The summed E-state index contributed by atoms with van der Waals surface area (Å²) in [5.41, 5.74) is 8.84. The van der Waals surface area contributed by atoms with Crippen LogP contribution in [0.1, 0.15) is 36.6 Å². The molecule has 0 aromatic heterocycles. The summed E-state index contributed by atoms with van der Waals surface area (Å²) in [5.74, 6) is 0. The van der Waals surface area contributed by atoms with E-state index < -0.39 is 0 Å². The summed E-state index contributed by atoms with van der Waals surface area (Å²) in [4.78, 5) is 0. The first kappa shape index (κ1) is 12.0. The molecular weight excluding hydrogens is 216 g/mol. The molecule has 3 atom stereocenters. The Morgan fingerprint density at radius 2 is 2.12 bits per heavy atom. The Bertz CT molecular complexity index is 354. The van der Waals surface area contributed by atoms with Crippen molar-refractivity contribution in [3.8, 4) is 0 Å². The van der Waals surface area contributed by atoms with Crippen LogP contribution < -0.4 is 11.1 Å². The van der Waals surface area contributed by atoms with Gasteiger partial charge in [0.25, 0.3) is 0 Å². The molecule has 0 saturated carbocycles. The van der Waals surface area contributed by atoms with Crippen LogP contribution in [0, 0.1) is 0 Å². The Kier molecular flexibility index (Phi) is 3.90.